The van der Waals surface area contributed by atoms with Crippen molar-refractivity contribution in [2.45, 2.75) is 25.3 Å². The molecule has 1 aromatic rings. The average molecular weight is 314 g/mol. The molecule has 0 radical (unpaired) electrons. The highest BCUT2D eigenvalue weighted by molar-refractivity contribution is 7.91. The Hall–Kier alpha value is -1.83. The SMILES string of the molecule is O=C(CCc1ccco1)NCC(=O)NC1CCS(=O)(=O)C1. The summed E-state index contributed by atoms with van der Waals surface area (Å²) < 4.78 is 27.6. The van der Waals surface area contributed by atoms with E-state index in [1.165, 1.54) is 6.26 Å². The molecule has 21 heavy (non-hydrogen) atoms. The fourth-order valence-electron chi connectivity index (χ4n) is 2.15. The molecule has 1 aliphatic rings. The molecular formula is C13H18N2O5S. The van der Waals surface area contributed by atoms with Gasteiger partial charge in [-0.25, -0.2) is 8.42 Å². The zero-order valence-corrected chi connectivity index (χ0v) is 12.3. The highest BCUT2D eigenvalue weighted by atomic mass is 32.2. The molecule has 1 aliphatic heterocycles. The number of aryl methyl sites for hydroxylation is 1. The average Bonchev–Trinajstić information content (AvgIpc) is 3.03. The molecule has 0 saturated carbocycles. The first-order chi connectivity index (χ1) is 9.94. The summed E-state index contributed by atoms with van der Waals surface area (Å²) in [6, 6.07) is 3.18. The van der Waals surface area contributed by atoms with E-state index in [2.05, 4.69) is 10.6 Å². The Morgan fingerprint density at radius 2 is 2.14 bits per heavy atom. The molecule has 0 aromatic carbocycles. The lowest BCUT2D eigenvalue weighted by molar-refractivity contribution is -0.126. The van der Waals surface area contributed by atoms with E-state index in [1.807, 2.05) is 0 Å². The Labute approximate surface area is 123 Å². The number of carbonyl (C=O) groups is 2. The van der Waals surface area contributed by atoms with E-state index >= 15 is 0 Å². The monoisotopic (exact) mass is 314 g/mol. The molecule has 0 aliphatic carbocycles. The number of amides is 2. The van der Waals surface area contributed by atoms with Gasteiger partial charge in [-0.2, -0.15) is 0 Å². The summed E-state index contributed by atoms with van der Waals surface area (Å²) in [7, 11) is -3.02. The number of furan rings is 1. The van der Waals surface area contributed by atoms with Crippen LogP contribution in [0.5, 0.6) is 0 Å². The normalized spacial score (nSPS) is 20.1. The van der Waals surface area contributed by atoms with Crippen molar-refractivity contribution in [1.82, 2.24) is 10.6 Å². The highest BCUT2D eigenvalue weighted by Crippen LogP contribution is 2.10. The van der Waals surface area contributed by atoms with Crippen LogP contribution >= 0.6 is 0 Å². The minimum atomic E-state index is -3.02. The summed E-state index contributed by atoms with van der Waals surface area (Å²) in [4.78, 5) is 23.2. The van der Waals surface area contributed by atoms with Crippen LogP contribution in [-0.4, -0.2) is 44.3 Å². The van der Waals surface area contributed by atoms with Gasteiger partial charge in [-0.1, -0.05) is 0 Å². The third-order valence-electron chi connectivity index (χ3n) is 3.22. The Morgan fingerprint density at radius 1 is 1.33 bits per heavy atom. The Balaban J connectivity index is 1.63. The molecule has 2 N–H and O–H groups in total. The summed E-state index contributed by atoms with van der Waals surface area (Å²) >= 11 is 0. The van der Waals surface area contributed by atoms with Gasteiger partial charge in [0.05, 0.1) is 24.3 Å². The fourth-order valence-corrected chi connectivity index (χ4v) is 3.82. The predicted molar refractivity (Wildman–Crippen MR) is 75.2 cm³/mol. The van der Waals surface area contributed by atoms with Gasteiger partial charge in [-0.3, -0.25) is 9.59 Å². The summed E-state index contributed by atoms with van der Waals surface area (Å²) in [5.74, 6) is 0.174. The van der Waals surface area contributed by atoms with Gasteiger partial charge in [0.2, 0.25) is 11.8 Å². The topological polar surface area (TPSA) is 105 Å². The molecule has 1 unspecified atom stereocenters. The predicted octanol–water partition coefficient (Wildman–Crippen LogP) is -0.368. The second kappa shape index (κ2) is 6.75. The lowest BCUT2D eigenvalue weighted by Gasteiger charge is -2.11. The van der Waals surface area contributed by atoms with Crippen molar-refractivity contribution in [3.05, 3.63) is 24.2 Å². The van der Waals surface area contributed by atoms with Crippen molar-refractivity contribution in [2.75, 3.05) is 18.1 Å². The van der Waals surface area contributed by atoms with Gasteiger partial charge in [0.25, 0.3) is 0 Å². The molecule has 0 bridgehead atoms. The Bertz CT molecular complexity index is 594. The third-order valence-corrected chi connectivity index (χ3v) is 4.99. The molecule has 8 heteroatoms. The largest absolute Gasteiger partial charge is 0.469 e. The summed E-state index contributed by atoms with van der Waals surface area (Å²) in [5, 5.41) is 5.11. The van der Waals surface area contributed by atoms with Crippen LogP contribution in [0.25, 0.3) is 0 Å². The minimum Gasteiger partial charge on any atom is -0.469 e. The lowest BCUT2D eigenvalue weighted by atomic mass is 10.2. The van der Waals surface area contributed by atoms with Crippen LogP contribution in [0.3, 0.4) is 0 Å². The van der Waals surface area contributed by atoms with Gasteiger partial charge >= 0.3 is 0 Å². The maximum Gasteiger partial charge on any atom is 0.239 e. The van der Waals surface area contributed by atoms with Crippen molar-refractivity contribution in [3.8, 4) is 0 Å². The first-order valence-corrected chi connectivity index (χ1v) is 8.55. The van der Waals surface area contributed by atoms with E-state index in [9.17, 15) is 18.0 Å². The molecule has 1 fully saturated rings. The number of rotatable bonds is 6. The molecule has 2 amide bonds. The number of carbonyl (C=O) groups excluding carboxylic acids is 2. The van der Waals surface area contributed by atoms with Crippen LogP contribution in [0.15, 0.2) is 22.8 Å². The number of hydrogen-bond donors (Lipinski definition) is 2. The van der Waals surface area contributed by atoms with E-state index in [0.717, 1.165) is 0 Å². The zero-order chi connectivity index (χ0) is 15.3. The summed E-state index contributed by atoms with van der Waals surface area (Å²) in [6.07, 6.45) is 2.68. The van der Waals surface area contributed by atoms with E-state index < -0.39 is 9.84 Å². The molecule has 1 saturated heterocycles. The van der Waals surface area contributed by atoms with Gasteiger partial charge in [-0.05, 0) is 18.6 Å². The smallest absolute Gasteiger partial charge is 0.239 e. The molecule has 2 heterocycles. The third kappa shape index (κ3) is 5.22. The first kappa shape index (κ1) is 15.6. The standard InChI is InChI=1S/C13H18N2O5S/c16-12(4-3-11-2-1-6-20-11)14-8-13(17)15-10-5-7-21(18,19)9-10/h1-2,6,10H,3-5,7-9H2,(H,14,16)(H,15,17). The molecule has 7 nitrogen and oxygen atoms in total. The van der Waals surface area contributed by atoms with Crippen LogP contribution in [0.1, 0.15) is 18.6 Å². The van der Waals surface area contributed by atoms with Crippen molar-refractivity contribution in [2.24, 2.45) is 0 Å². The number of hydrogen-bond acceptors (Lipinski definition) is 5. The summed E-state index contributed by atoms with van der Waals surface area (Å²) in [6.45, 7) is -0.145. The van der Waals surface area contributed by atoms with Crippen LogP contribution in [0.4, 0.5) is 0 Å². The zero-order valence-electron chi connectivity index (χ0n) is 11.5. The quantitative estimate of drug-likeness (QED) is 0.745. The molecule has 1 atom stereocenters. The molecular weight excluding hydrogens is 296 g/mol. The second-order valence-electron chi connectivity index (χ2n) is 5.02. The Morgan fingerprint density at radius 3 is 2.76 bits per heavy atom. The van der Waals surface area contributed by atoms with Crippen LogP contribution < -0.4 is 10.6 Å². The first-order valence-electron chi connectivity index (χ1n) is 6.73. The van der Waals surface area contributed by atoms with E-state index in [1.54, 1.807) is 12.1 Å². The molecule has 1 aromatic heterocycles. The minimum absolute atomic E-state index is 0.0226. The van der Waals surface area contributed by atoms with Crippen molar-refractivity contribution in [1.29, 1.82) is 0 Å². The fraction of sp³-hybridized carbons (Fsp3) is 0.538. The van der Waals surface area contributed by atoms with Gasteiger partial charge in [0.15, 0.2) is 9.84 Å². The number of sulfone groups is 1. The van der Waals surface area contributed by atoms with Gasteiger partial charge in [0, 0.05) is 18.9 Å². The van der Waals surface area contributed by atoms with Crippen LogP contribution in [-0.2, 0) is 25.8 Å². The van der Waals surface area contributed by atoms with E-state index in [4.69, 9.17) is 4.42 Å². The maximum atomic E-state index is 11.6. The van der Waals surface area contributed by atoms with Crippen LogP contribution in [0.2, 0.25) is 0 Å². The van der Waals surface area contributed by atoms with Gasteiger partial charge < -0.3 is 15.1 Å². The van der Waals surface area contributed by atoms with Gasteiger partial charge in [-0.15, -0.1) is 0 Å². The van der Waals surface area contributed by atoms with Crippen LogP contribution in [0, 0.1) is 0 Å². The van der Waals surface area contributed by atoms with Crippen molar-refractivity contribution >= 4 is 21.7 Å². The second-order valence-corrected chi connectivity index (χ2v) is 7.25. The van der Waals surface area contributed by atoms with E-state index in [0.29, 0.717) is 18.6 Å². The maximum absolute atomic E-state index is 11.6. The lowest BCUT2D eigenvalue weighted by Crippen LogP contribution is -2.42. The summed E-state index contributed by atoms with van der Waals surface area (Å²) in [5.41, 5.74) is 0. The molecule has 116 valence electrons. The Kier molecular flexibility index (Phi) is 5.00. The molecule has 0 spiro atoms. The van der Waals surface area contributed by atoms with Crippen molar-refractivity contribution in [3.63, 3.8) is 0 Å². The van der Waals surface area contributed by atoms with E-state index in [-0.39, 0.29) is 42.3 Å². The van der Waals surface area contributed by atoms with Gasteiger partial charge in [0.1, 0.15) is 5.76 Å². The van der Waals surface area contributed by atoms with Crippen molar-refractivity contribution < 1.29 is 22.4 Å². The number of nitrogens with one attached hydrogen (secondary N) is 2. The molecule has 2 rings (SSSR count). The highest BCUT2D eigenvalue weighted by Gasteiger charge is 2.28.